The molecular formula is C19H24N2O2. The van der Waals surface area contributed by atoms with Crippen LogP contribution in [-0.2, 0) is 6.54 Å². The number of urea groups is 1. The van der Waals surface area contributed by atoms with E-state index in [-0.39, 0.29) is 6.03 Å². The van der Waals surface area contributed by atoms with E-state index in [1.165, 1.54) is 11.1 Å². The Morgan fingerprint density at radius 2 is 1.78 bits per heavy atom. The number of amides is 2. The Kier molecular flexibility index (Phi) is 6.03. The summed E-state index contributed by atoms with van der Waals surface area (Å²) in [6, 6.07) is 15.9. The molecule has 0 spiro atoms. The monoisotopic (exact) mass is 312 g/mol. The number of benzene rings is 2. The molecule has 0 aliphatic heterocycles. The Morgan fingerprint density at radius 3 is 2.48 bits per heavy atom. The van der Waals surface area contributed by atoms with Crippen molar-refractivity contribution >= 4 is 6.03 Å². The minimum absolute atomic E-state index is 0.0965. The summed E-state index contributed by atoms with van der Waals surface area (Å²) in [5, 5.41) is 2.87. The molecule has 2 aromatic rings. The van der Waals surface area contributed by atoms with Crippen LogP contribution in [0, 0.1) is 13.8 Å². The zero-order valence-electron chi connectivity index (χ0n) is 14.0. The van der Waals surface area contributed by atoms with Crippen molar-refractivity contribution in [2.24, 2.45) is 0 Å². The highest BCUT2D eigenvalue weighted by Gasteiger charge is 2.09. The Labute approximate surface area is 138 Å². The second-order valence-electron chi connectivity index (χ2n) is 5.68. The summed E-state index contributed by atoms with van der Waals surface area (Å²) < 4.78 is 5.60. The number of rotatable bonds is 6. The topological polar surface area (TPSA) is 41.6 Å². The smallest absolute Gasteiger partial charge is 0.317 e. The van der Waals surface area contributed by atoms with E-state index in [4.69, 9.17) is 4.74 Å². The third-order valence-electron chi connectivity index (χ3n) is 3.68. The Balaban J connectivity index is 1.72. The normalized spacial score (nSPS) is 10.2. The fourth-order valence-corrected chi connectivity index (χ4v) is 2.21. The summed E-state index contributed by atoms with van der Waals surface area (Å²) in [6.07, 6.45) is 0. The van der Waals surface area contributed by atoms with Gasteiger partial charge in [-0.3, -0.25) is 0 Å². The maximum atomic E-state index is 12.1. The van der Waals surface area contributed by atoms with Gasteiger partial charge in [0, 0.05) is 13.6 Å². The Morgan fingerprint density at radius 1 is 1.09 bits per heavy atom. The van der Waals surface area contributed by atoms with Gasteiger partial charge in [-0.25, -0.2) is 4.79 Å². The molecule has 0 aromatic heterocycles. The van der Waals surface area contributed by atoms with Crippen LogP contribution < -0.4 is 10.1 Å². The molecule has 4 nitrogen and oxygen atoms in total. The average molecular weight is 312 g/mol. The zero-order valence-corrected chi connectivity index (χ0v) is 14.0. The van der Waals surface area contributed by atoms with Crippen molar-refractivity contribution in [3.63, 3.8) is 0 Å². The lowest BCUT2D eigenvalue weighted by Crippen LogP contribution is -2.38. The van der Waals surface area contributed by atoms with E-state index in [2.05, 4.69) is 18.3 Å². The van der Waals surface area contributed by atoms with Crippen LogP contribution in [0.15, 0.2) is 48.5 Å². The van der Waals surface area contributed by atoms with E-state index in [0.717, 1.165) is 11.3 Å². The molecule has 0 saturated carbocycles. The molecule has 0 atom stereocenters. The summed E-state index contributed by atoms with van der Waals surface area (Å²) in [7, 11) is 1.79. The van der Waals surface area contributed by atoms with Crippen LogP contribution in [0.2, 0.25) is 0 Å². The first-order valence-electron chi connectivity index (χ1n) is 7.79. The molecular weight excluding hydrogens is 288 g/mol. The minimum atomic E-state index is -0.0965. The fraction of sp³-hybridized carbons (Fsp3) is 0.316. The van der Waals surface area contributed by atoms with Crippen LogP contribution in [0.1, 0.15) is 16.7 Å². The van der Waals surface area contributed by atoms with Gasteiger partial charge in [0.25, 0.3) is 0 Å². The van der Waals surface area contributed by atoms with Crippen LogP contribution >= 0.6 is 0 Å². The van der Waals surface area contributed by atoms with E-state index >= 15 is 0 Å². The van der Waals surface area contributed by atoms with Gasteiger partial charge in [0.15, 0.2) is 0 Å². The van der Waals surface area contributed by atoms with Gasteiger partial charge in [-0.2, -0.15) is 0 Å². The standard InChI is InChI=1S/C19H24N2O2/c1-15-8-10-18(11-9-15)23-13-12-20-19(22)21(3)14-17-7-5-4-6-16(17)2/h4-11H,12-14H2,1-3H3,(H,20,22). The third-order valence-corrected chi connectivity index (χ3v) is 3.68. The number of nitrogens with one attached hydrogen (secondary N) is 1. The van der Waals surface area contributed by atoms with E-state index in [9.17, 15) is 4.79 Å². The maximum Gasteiger partial charge on any atom is 0.317 e. The van der Waals surface area contributed by atoms with Crippen molar-refractivity contribution in [1.82, 2.24) is 10.2 Å². The number of carbonyl (C=O) groups is 1. The summed E-state index contributed by atoms with van der Waals surface area (Å²) in [5.41, 5.74) is 3.54. The van der Waals surface area contributed by atoms with Crippen molar-refractivity contribution in [2.75, 3.05) is 20.2 Å². The Bertz CT molecular complexity index is 638. The van der Waals surface area contributed by atoms with Crippen molar-refractivity contribution in [3.05, 3.63) is 65.2 Å². The van der Waals surface area contributed by atoms with Crippen LogP contribution in [0.5, 0.6) is 5.75 Å². The molecule has 122 valence electrons. The second kappa shape index (κ2) is 8.22. The third kappa shape index (κ3) is 5.33. The molecule has 0 aliphatic carbocycles. The highest BCUT2D eigenvalue weighted by Crippen LogP contribution is 2.11. The fourth-order valence-electron chi connectivity index (χ4n) is 2.21. The highest BCUT2D eigenvalue weighted by atomic mass is 16.5. The predicted octanol–water partition coefficient (Wildman–Crippen LogP) is 3.52. The number of ether oxygens (including phenoxy) is 1. The number of carbonyl (C=O) groups excluding carboxylic acids is 1. The molecule has 0 unspecified atom stereocenters. The summed E-state index contributed by atoms with van der Waals surface area (Å²) in [6.45, 7) is 5.61. The zero-order chi connectivity index (χ0) is 16.7. The number of hydrogen-bond donors (Lipinski definition) is 1. The first-order chi connectivity index (χ1) is 11.1. The molecule has 2 rings (SSSR count). The molecule has 0 saturated heterocycles. The SMILES string of the molecule is Cc1ccc(OCCNC(=O)N(C)Cc2ccccc2C)cc1. The molecule has 0 radical (unpaired) electrons. The Hall–Kier alpha value is -2.49. The van der Waals surface area contributed by atoms with Crippen LogP contribution in [0.3, 0.4) is 0 Å². The average Bonchev–Trinajstić information content (AvgIpc) is 2.55. The van der Waals surface area contributed by atoms with Crippen LogP contribution in [0.4, 0.5) is 4.79 Å². The van der Waals surface area contributed by atoms with Gasteiger partial charge in [-0.05, 0) is 37.1 Å². The molecule has 2 aromatic carbocycles. The highest BCUT2D eigenvalue weighted by molar-refractivity contribution is 5.73. The predicted molar refractivity (Wildman–Crippen MR) is 92.7 cm³/mol. The van der Waals surface area contributed by atoms with Crippen molar-refractivity contribution in [2.45, 2.75) is 20.4 Å². The largest absolute Gasteiger partial charge is 0.492 e. The molecule has 1 N–H and O–H groups in total. The summed E-state index contributed by atoms with van der Waals surface area (Å²) in [5.74, 6) is 0.818. The van der Waals surface area contributed by atoms with E-state index in [1.54, 1.807) is 11.9 Å². The van der Waals surface area contributed by atoms with Gasteiger partial charge in [0.2, 0.25) is 0 Å². The number of nitrogens with zero attached hydrogens (tertiary/aromatic N) is 1. The molecule has 0 bridgehead atoms. The van der Waals surface area contributed by atoms with E-state index in [1.807, 2.05) is 49.4 Å². The van der Waals surface area contributed by atoms with Gasteiger partial charge < -0.3 is 15.0 Å². The number of aryl methyl sites for hydroxylation is 2. The van der Waals surface area contributed by atoms with Gasteiger partial charge >= 0.3 is 6.03 Å². The molecule has 0 fully saturated rings. The molecule has 4 heteroatoms. The lowest BCUT2D eigenvalue weighted by Gasteiger charge is -2.19. The first kappa shape index (κ1) is 16.9. The van der Waals surface area contributed by atoms with E-state index < -0.39 is 0 Å². The quantitative estimate of drug-likeness (QED) is 0.829. The van der Waals surface area contributed by atoms with Gasteiger partial charge in [0.1, 0.15) is 12.4 Å². The van der Waals surface area contributed by atoms with Gasteiger partial charge in [-0.1, -0.05) is 42.0 Å². The van der Waals surface area contributed by atoms with Crippen molar-refractivity contribution in [3.8, 4) is 5.75 Å². The maximum absolute atomic E-state index is 12.1. The first-order valence-corrected chi connectivity index (χ1v) is 7.79. The second-order valence-corrected chi connectivity index (χ2v) is 5.68. The van der Waals surface area contributed by atoms with Crippen LogP contribution in [-0.4, -0.2) is 31.1 Å². The lowest BCUT2D eigenvalue weighted by molar-refractivity contribution is 0.203. The van der Waals surface area contributed by atoms with Gasteiger partial charge in [-0.15, -0.1) is 0 Å². The van der Waals surface area contributed by atoms with E-state index in [0.29, 0.717) is 19.7 Å². The summed E-state index contributed by atoms with van der Waals surface area (Å²) in [4.78, 5) is 13.7. The van der Waals surface area contributed by atoms with Crippen molar-refractivity contribution < 1.29 is 9.53 Å². The van der Waals surface area contributed by atoms with Gasteiger partial charge in [0.05, 0.1) is 6.54 Å². The lowest BCUT2D eigenvalue weighted by atomic mass is 10.1. The molecule has 0 aliphatic rings. The van der Waals surface area contributed by atoms with Crippen molar-refractivity contribution in [1.29, 1.82) is 0 Å². The number of hydrogen-bond acceptors (Lipinski definition) is 2. The molecule has 0 heterocycles. The molecule has 23 heavy (non-hydrogen) atoms. The summed E-state index contributed by atoms with van der Waals surface area (Å²) >= 11 is 0. The van der Waals surface area contributed by atoms with Crippen LogP contribution in [0.25, 0.3) is 0 Å². The minimum Gasteiger partial charge on any atom is -0.492 e. The molecule has 2 amide bonds.